The number of halogens is 1. The molecule has 0 fully saturated rings. The van der Waals surface area contributed by atoms with Gasteiger partial charge in [0.2, 0.25) is 0 Å². The fourth-order valence-electron chi connectivity index (χ4n) is 1.84. The van der Waals surface area contributed by atoms with Crippen molar-refractivity contribution in [2.45, 2.75) is 19.6 Å². The lowest BCUT2D eigenvalue weighted by atomic mass is 10.2. The first-order valence-corrected chi connectivity index (χ1v) is 7.09. The molecule has 1 N–H and O–H groups in total. The Morgan fingerprint density at radius 1 is 1.40 bits per heavy atom. The van der Waals surface area contributed by atoms with Crippen molar-refractivity contribution in [1.82, 2.24) is 9.55 Å². The summed E-state index contributed by atoms with van der Waals surface area (Å²) < 4.78 is 13.8. The Balaban J connectivity index is 1.94. The van der Waals surface area contributed by atoms with Crippen molar-refractivity contribution >= 4 is 15.9 Å². The second-order valence-corrected chi connectivity index (χ2v) is 5.12. The predicted molar refractivity (Wildman–Crippen MR) is 79.0 cm³/mol. The number of rotatable bonds is 7. The van der Waals surface area contributed by atoms with E-state index >= 15 is 0 Å². The molecule has 108 valence electrons. The van der Waals surface area contributed by atoms with E-state index in [1.165, 1.54) is 0 Å². The average Bonchev–Trinajstić information content (AvgIpc) is 2.97. The molecule has 2 rings (SSSR count). The van der Waals surface area contributed by atoms with E-state index in [4.69, 9.17) is 14.6 Å². The number of hydrogen-bond acceptors (Lipinski definition) is 4. The molecular weight excluding hydrogens is 324 g/mol. The molecule has 20 heavy (non-hydrogen) atoms. The number of methoxy groups -OCH3 is 1. The molecule has 0 spiro atoms. The lowest BCUT2D eigenvalue weighted by molar-refractivity contribution is 0.272. The van der Waals surface area contributed by atoms with Gasteiger partial charge in [-0.15, -0.1) is 0 Å². The Morgan fingerprint density at radius 3 is 2.90 bits per heavy atom. The second-order valence-electron chi connectivity index (χ2n) is 4.27. The van der Waals surface area contributed by atoms with Crippen LogP contribution < -0.4 is 9.47 Å². The molecule has 1 aromatic carbocycles. The third-order valence-electron chi connectivity index (χ3n) is 2.84. The maximum absolute atomic E-state index is 9.17. The Hall–Kier alpha value is -1.53. The van der Waals surface area contributed by atoms with Crippen LogP contribution in [0.25, 0.3) is 0 Å². The topological polar surface area (TPSA) is 56.5 Å². The summed E-state index contributed by atoms with van der Waals surface area (Å²) in [6.45, 7) is 1.40. The fraction of sp³-hybridized carbons (Fsp3) is 0.357. The Morgan fingerprint density at radius 2 is 2.25 bits per heavy atom. The van der Waals surface area contributed by atoms with E-state index < -0.39 is 0 Å². The summed E-state index contributed by atoms with van der Waals surface area (Å²) in [7, 11) is 1.58. The molecule has 0 aliphatic rings. The number of ether oxygens (including phenoxy) is 2. The molecule has 5 nitrogen and oxygen atoms in total. The largest absolute Gasteiger partial charge is 0.493 e. The number of imidazole rings is 1. The summed E-state index contributed by atoms with van der Waals surface area (Å²) in [5, 5.41) is 9.17. The molecule has 1 heterocycles. The highest BCUT2D eigenvalue weighted by Gasteiger charge is 2.11. The molecule has 6 heteroatoms. The molecule has 0 aliphatic carbocycles. The number of hydrogen-bond donors (Lipinski definition) is 1. The van der Waals surface area contributed by atoms with E-state index in [0.29, 0.717) is 18.1 Å². The fourth-order valence-corrected chi connectivity index (χ4v) is 2.45. The minimum Gasteiger partial charge on any atom is -0.493 e. The first-order chi connectivity index (χ1) is 9.74. The van der Waals surface area contributed by atoms with Gasteiger partial charge in [0.1, 0.15) is 0 Å². The van der Waals surface area contributed by atoms with Crippen molar-refractivity contribution in [3.05, 3.63) is 40.9 Å². The van der Waals surface area contributed by atoms with Crippen LogP contribution in [0, 0.1) is 0 Å². The van der Waals surface area contributed by atoms with Crippen molar-refractivity contribution in [3.63, 3.8) is 0 Å². The summed E-state index contributed by atoms with van der Waals surface area (Å²) in [5.74, 6) is 1.28. The van der Waals surface area contributed by atoms with Gasteiger partial charge in [-0.3, -0.25) is 0 Å². The van der Waals surface area contributed by atoms with Gasteiger partial charge < -0.3 is 19.1 Å². The molecule has 0 saturated carbocycles. The van der Waals surface area contributed by atoms with Crippen molar-refractivity contribution in [1.29, 1.82) is 0 Å². The van der Waals surface area contributed by atoms with Gasteiger partial charge >= 0.3 is 0 Å². The number of aliphatic hydroxyl groups is 1. The van der Waals surface area contributed by atoms with Gasteiger partial charge in [0.25, 0.3) is 0 Å². The van der Waals surface area contributed by atoms with E-state index in [2.05, 4.69) is 20.9 Å². The van der Waals surface area contributed by atoms with Gasteiger partial charge in [-0.05, 0) is 40.0 Å². The van der Waals surface area contributed by atoms with Crippen LogP contribution in [0.1, 0.15) is 12.0 Å². The van der Waals surface area contributed by atoms with E-state index in [1.54, 1.807) is 25.7 Å². The smallest absolute Gasteiger partial charge is 0.175 e. The van der Waals surface area contributed by atoms with Crippen LogP contribution in [-0.2, 0) is 13.2 Å². The number of aryl methyl sites for hydroxylation is 1. The van der Waals surface area contributed by atoms with Crippen molar-refractivity contribution in [2.24, 2.45) is 0 Å². The van der Waals surface area contributed by atoms with Crippen molar-refractivity contribution < 1.29 is 14.6 Å². The monoisotopic (exact) mass is 340 g/mol. The van der Waals surface area contributed by atoms with Gasteiger partial charge in [0.15, 0.2) is 11.5 Å². The Kier molecular flexibility index (Phi) is 5.43. The van der Waals surface area contributed by atoms with E-state index in [-0.39, 0.29) is 6.61 Å². The molecular formula is C14H17BrN2O3. The quantitative estimate of drug-likeness (QED) is 0.787. The lowest BCUT2D eigenvalue weighted by Crippen LogP contribution is -2.05. The molecule has 2 aromatic rings. The van der Waals surface area contributed by atoms with Gasteiger partial charge in [0.05, 0.1) is 31.1 Å². The third-order valence-corrected chi connectivity index (χ3v) is 3.43. The summed E-state index contributed by atoms with van der Waals surface area (Å²) in [6, 6.07) is 3.60. The molecule has 1 aromatic heterocycles. The number of benzene rings is 1. The van der Waals surface area contributed by atoms with Gasteiger partial charge in [-0.25, -0.2) is 4.98 Å². The number of aliphatic hydroxyl groups excluding tert-OH is 1. The zero-order valence-electron chi connectivity index (χ0n) is 11.3. The van der Waals surface area contributed by atoms with Gasteiger partial charge in [0, 0.05) is 18.9 Å². The first kappa shape index (κ1) is 14.9. The van der Waals surface area contributed by atoms with Crippen LogP contribution in [0.4, 0.5) is 0 Å². The summed E-state index contributed by atoms with van der Waals surface area (Å²) >= 11 is 3.44. The molecule has 0 saturated heterocycles. The molecule has 0 atom stereocenters. The third kappa shape index (κ3) is 3.74. The van der Waals surface area contributed by atoms with E-state index in [9.17, 15) is 0 Å². The van der Waals surface area contributed by atoms with Crippen LogP contribution in [0.15, 0.2) is 35.3 Å². The highest BCUT2D eigenvalue weighted by molar-refractivity contribution is 9.10. The maximum Gasteiger partial charge on any atom is 0.175 e. The summed E-state index contributed by atoms with van der Waals surface area (Å²) in [4.78, 5) is 3.99. The highest BCUT2D eigenvalue weighted by Crippen LogP contribution is 2.36. The Bertz CT molecular complexity index is 544. The van der Waals surface area contributed by atoms with Crippen molar-refractivity contribution in [2.75, 3.05) is 13.7 Å². The van der Waals surface area contributed by atoms with Crippen LogP contribution in [0.3, 0.4) is 0 Å². The number of nitrogens with zero attached hydrogens (tertiary/aromatic N) is 2. The van der Waals surface area contributed by atoms with Crippen LogP contribution in [0.2, 0.25) is 0 Å². The molecule has 0 aliphatic heterocycles. The van der Waals surface area contributed by atoms with E-state index in [0.717, 1.165) is 23.0 Å². The van der Waals surface area contributed by atoms with E-state index in [1.807, 2.05) is 16.8 Å². The summed E-state index contributed by atoms with van der Waals surface area (Å²) in [5.41, 5.74) is 0.777. The minimum absolute atomic E-state index is 0.0319. The number of aromatic nitrogens is 2. The lowest BCUT2D eigenvalue weighted by Gasteiger charge is -2.14. The van der Waals surface area contributed by atoms with Crippen LogP contribution >= 0.6 is 15.9 Å². The standard InChI is InChI=1S/C14H17BrN2O3/c1-19-13-8-11(9-18)7-12(15)14(13)20-6-2-4-17-5-3-16-10-17/h3,5,7-8,10,18H,2,4,6,9H2,1H3. The highest BCUT2D eigenvalue weighted by atomic mass is 79.9. The molecule has 0 radical (unpaired) electrons. The zero-order valence-corrected chi connectivity index (χ0v) is 12.8. The molecule has 0 amide bonds. The molecule has 0 bridgehead atoms. The summed E-state index contributed by atoms with van der Waals surface area (Å²) in [6.07, 6.45) is 6.33. The van der Waals surface area contributed by atoms with Crippen molar-refractivity contribution in [3.8, 4) is 11.5 Å². The minimum atomic E-state index is -0.0319. The van der Waals surface area contributed by atoms with Crippen LogP contribution in [-0.4, -0.2) is 28.4 Å². The SMILES string of the molecule is COc1cc(CO)cc(Br)c1OCCCn1ccnc1. The average molecular weight is 341 g/mol. The normalized spacial score (nSPS) is 10.6. The molecule has 0 unspecified atom stereocenters. The maximum atomic E-state index is 9.17. The van der Waals surface area contributed by atoms with Crippen LogP contribution in [0.5, 0.6) is 11.5 Å². The van der Waals surface area contributed by atoms with Gasteiger partial charge in [-0.2, -0.15) is 0 Å². The zero-order chi connectivity index (χ0) is 14.4. The Labute approximate surface area is 126 Å². The first-order valence-electron chi connectivity index (χ1n) is 6.30. The van der Waals surface area contributed by atoms with Gasteiger partial charge in [-0.1, -0.05) is 0 Å². The second kappa shape index (κ2) is 7.31. The predicted octanol–water partition coefficient (Wildman–Crippen LogP) is 2.62.